The van der Waals surface area contributed by atoms with Gasteiger partial charge in [0.2, 0.25) is 0 Å². The number of hydrogen-bond acceptors (Lipinski definition) is 4. The first-order valence-electron chi connectivity index (χ1n) is 6.60. The first kappa shape index (κ1) is 14.6. The van der Waals surface area contributed by atoms with Gasteiger partial charge in [-0.3, -0.25) is 4.79 Å². The summed E-state index contributed by atoms with van der Waals surface area (Å²) >= 11 is 0. The van der Waals surface area contributed by atoms with Gasteiger partial charge in [-0.2, -0.15) is 0 Å². The van der Waals surface area contributed by atoms with E-state index in [1.54, 1.807) is 4.68 Å². The van der Waals surface area contributed by atoms with Crippen molar-refractivity contribution in [2.75, 3.05) is 0 Å². The molecule has 102 valence electrons. The summed E-state index contributed by atoms with van der Waals surface area (Å²) in [4.78, 5) is 10.8. The SMILES string of the molecule is CCC(CC(=O)O)Cn1nnnc1C(CC)CC. The van der Waals surface area contributed by atoms with Gasteiger partial charge in [0, 0.05) is 18.9 Å². The lowest BCUT2D eigenvalue weighted by molar-refractivity contribution is -0.138. The molecule has 0 bridgehead atoms. The van der Waals surface area contributed by atoms with E-state index in [0.717, 1.165) is 25.1 Å². The summed E-state index contributed by atoms with van der Waals surface area (Å²) in [5, 5.41) is 20.6. The van der Waals surface area contributed by atoms with E-state index in [1.807, 2.05) is 6.92 Å². The molecule has 1 aromatic heterocycles. The zero-order valence-corrected chi connectivity index (χ0v) is 11.3. The first-order valence-corrected chi connectivity index (χ1v) is 6.60. The Labute approximate surface area is 107 Å². The predicted octanol–water partition coefficient (Wildman–Crippen LogP) is 2.08. The second kappa shape index (κ2) is 7.08. The minimum Gasteiger partial charge on any atom is -0.481 e. The van der Waals surface area contributed by atoms with Crippen molar-refractivity contribution in [1.29, 1.82) is 0 Å². The maximum absolute atomic E-state index is 10.8. The molecule has 0 aliphatic carbocycles. The van der Waals surface area contributed by atoms with Crippen LogP contribution in [0.2, 0.25) is 0 Å². The lowest BCUT2D eigenvalue weighted by Crippen LogP contribution is -2.18. The van der Waals surface area contributed by atoms with E-state index in [2.05, 4.69) is 29.4 Å². The van der Waals surface area contributed by atoms with Crippen LogP contribution in [-0.2, 0) is 11.3 Å². The fourth-order valence-corrected chi connectivity index (χ4v) is 2.12. The Morgan fingerprint density at radius 1 is 1.28 bits per heavy atom. The molecule has 1 unspecified atom stereocenters. The van der Waals surface area contributed by atoms with Crippen LogP contribution in [0.1, 0.15) is 58.2 Å². The molecule has 0 saturated heterocycles. The number of aliphatic carboxylic acids is 1. The molecule has 0 amide bonds. The summed E-state index contributed by atoms with van der Waals surface area (Å²) in [6, 6.07) is 0. The van der Waals surface area contributed by atoms with Gasteiger partial charge in [0.25, 0.3) is 0 Å². The van der Waals surface area contributed by atoms with E-state index >= 15 is 0 Å². The first-order chi connectivity index (χ1) is 8.62. The monoisotopic (exact) mass is 254 g/mol. The highest BCUT2D eigenvalue weighted by molar-refractivity contribution is 5.66. The molecule has 0 aromatic carbocycles. The molecule has 0 radical (unpaired) electrons. The molecule has 6 nitrogen and oxygen atoms in total. The minimum atomic E-state index is -0.765. The lowest BCUT2D eigenvalue weighted by Gasteiger charge is -2.16. The zero-order chi connectivity index (χ0) is 13.5. The fraction of sp³-hybridized carbons (Fsp3) is 0.833. The number of nitrogens with zero attached hydrogens (tertiary/aromatic N) is 4. The number of hydrogen-bond donors (Lipinski definition) is 1. The van der Waals surface area contributed by atoms with E-state index in [9.17, 15) is 4.79 Å². The number of carboxylic acids is 1. The van der Waals surface area contributed by atoms with Crippen molar-refractivity contribution in [3.8, 4) is 0 Å². The Kier molecular flexibility index (Phi) is 5.74. The molecule has 0 aliphatic heterocycles. The summed E-state index contributed by atoms with van der Waals surface area (Å²) in [6.45, 7) is 6.81. The molecule has 6 heteroatoms. The largest absolute Gasteiger partial charge is 0.481 e. The molecule has 0 spiro atoms. The molecule has 1 N–H and O–H groups in total. The highest BCUT2D eigenvalue weighted by atomic mass is 16.4. The average Bonchev–Trinajstić information content (AvgIpc) is 2.78. The van der Waals surface area contributed by atoms with Gasteiger partial charge in [0.05, 0.1) is 0 Å². The molecular formula is C12H22N4O2. The Bertz CT molecular complexity index is 374. The molecule has 1 rings (SSSR count). The summed E-state index contributed by atoms with van der Waals surface area (Å²) < 4.78 is 1.77. The summed E-state index contributed by atoms with van der Waals surface area (Å²) in [5.41, 5.74) is 0. The average molecular weight is 254 g/mol. The maximum atomic E-state index is 10.8. The van der Waals surface area contributed by atoms with Crippen LogP contribution in [0.5, 0.6) is 0 Å². The van der Waals surface area contributed by atoms with Crippen molar-refractivity contribution in [2.24, 2.45) is 5.92 Å². The van der Waals surface area contributed by atoms with Gasteiger partial charge in [0.15, 0.2) is 5.82 Å². The molecule has 1 atom stereocenters. The highest BCUT2D eigenvalue weighted by Gasteiger charge is 2.19. The quantitative estimate of drug-likeness (QED) is 0.768. The van der Waals surface area contributed by atoms with Gasteiger partial charge in [-0.15, -0.1) is 5.10 Å². The van der Waals surface area contributed by atoms with Gasteiger partial charge in [-0.05, 0) is 29.2 Å². The van der Waals surface area contributed by atoms with Gasteiger partial charge in [-0.25, -0.2) is 4.68 Å². The number of aromatic nitrogens is 4. The van der Waals surface area contributed by atoms with Crippen LogP contribution in [0.3, 0.4) is 0 Å². The third kappa shape index (κ3) is 3.78. The molecule has 0 aliphatic rings. The second-order valence-corrected chi connectivity index (χ2v) is 4.60. The normalized spacial score (nSPS) is 12.9. The van der Waals surface area contributed by atoms with Crippen LogP contribution in [0.4, 0.5) is 0 Å². The van der Waals surface area contributed by atoms with E-state index in [-0.39, 0.29) is 12.3 Å². The molecule has 1 heterocycles. The third-order valence-electron chi connectivity index (χ3n) is 3.38. The smallest absolute Gasteiger partial charge is 0.303 e. The zero-order valence-electron chi connectivity index (χ0n) is 11.3. The summed E-state index contributed by atoms with van der Waals surface area (Å²) in [5.74, 6) is 0.546. The standard InChI is InChI=1S/C12H22N4O2/c1-4-9(7-11(17)18)8-16-12(13-14-15-16)10(5-2)6-3/h9-10H,4-8H2,1-3H3,(H,17,18). The van der Waals surface area contributed by atoms with Crippen molar-refractivity contribution in [3.63, 3.8) is 0 Å². The second-order valence-electron chi connectivity index (χ2n) is 4.60. The predicted molar refractivity (Wildman–Crippen MR) is 67.2 cm³/mol. The van der Waals surface area contributed by atoms with Crippen LogP contribution in [0.25, 0.3) is 0 Å². The van der Waals surface area contributed by atoms with Crippen LogP contribution < -0.4 is 0 Å². The van der Waals surface area contributed by atoms with Crippen molar-refractivity contribution in [2.45, 2.75) is 58.9 Å². The maximum Gasteiger partial charge on any atom is 0.303 e. The number of rotatable bonds is 8. The Balaban J connectivity index is 2.77. The Morgan fingerprint density at radius 2 is 1.94 bits per heavy atom. The fourth-order valence-electron chi connectivity index (χ4n) is 2.12. The van der Waals surface area contributed by atoms with Crippen LogP contribution in [-0.4, -0.2) is 31.3 Å². The number of tetrazole rings is 1. The number of carbonyl (C=O) groups is 1. The van der Waals surface area contributed by atoms with Gasteiger partial charge < -0.3 is 5.11 Å². The van der Waals surface area contributed by atoms with Gasteiger partial charge in [-0.1, -0.05) is 27.2 Å². The Morgan fingerprint density at radius 3 is 2.44 bits per heavy atom. The van der Waals surface area contributed by atoms with Crippen LogP contribution in [0.15, 0.2) is 0 Å². The molecular weight excluding hydrogens is 232 g/mol. The van der Waals surface area contributed by atoms with E-state index < -0.39 is 5.97 Å². The van der Waals surface area contributed by atoms with Gasteiger partial charge in [0.1, 0.15) is 0 Å². The van der Waals surface area contributed by atoms with E-state index in [1.165, 1.54) is 0 Å². The molecule has 0 saturated carbocycles. The number of carboxylic acid groups (broad SMARTS) is 1. The lowest BCUT2D eigenvalue weighted by atomic mass is 10.0. The van der Waals surface area contributed by atoms with Crippen molar-refractivity contribution in [3.05, 3.63) is 5.82 Å². The molecule has 1 aromatic rings. The topological polar surface area (TPSA) is 80.9 Å². The van der Waals surface area contributed by atoms with Crippen molar-refractivity contribution in [1.82, 2.24) is 20.2 Å². The minimum absolute atomic E-state index is 0.0825. The Hall–Kier alpha value is -1.46. The summed E-state index contributed by atoms with van der Waals surface area (Å²) in [7, 11) is 0. The van der Waals surface area contributed by atoms with Gasteiger partial charge >= 0.3 is 5.97 Å². The molecule has 18 heavy (non-hydrogen) atoms. The third-order valence-corrected chi connectivity index (χ3v) is 3.38. The highest BCUT2D eigenvalue weighted by Crippen LogP contribution is 2.21. The van der Waals surface area contributed by atoms with Crippen molar-refractivity contribution < 1.29 is 9.90 Å². The van der Waals surface area contributed by atoms with Crippen LogP contribution >= 0.6 is 0 Å². The molecule has 0 fully saturated rings. The van der Waals surface area contributed by atoms with E-state index in [4.69, 9.17) is 5.11 Å². The van der Waals surface area contributed by atoms with Crippen molar-refractivity contribution >= 4 is 5.97 Å². The summed E-state index contributed by atoms with van der Waals surface area (Å²) in [6.07, 6.45) is 2.96. The van der Waals surface area contributed by atoms with E-state index in [0.29, 0.717) is 12.5 Å². The van der Waals surface area contributed by atoms with Crippen LogP contribution in [0, 0.1) is 5.92 Å².